The van der Waals surface area contributed by atoms with Crippen LogP contribution in [-0.2, 0) is 17.6 Å². The molecule has 1 aliphatic heterocycles. The number of aliphatic imine (C=N–C) groups is 1. The molecule has 3 rings (SSSR count). The molecule has 0 radical (unpaired) electrons. The molecule has 0 saturated carbocycles. The van der Waals surface area contributed by atoms with Crippen molar-refractivity contribution >= 4 is 5.90 Å². The predicted molar refractivity (Wildman–Crippen MR) is 105 cm³/mol. The lowest BCUT2D eigenvalue weighted by molar-refractivity contribution is 0.279. The summed E-state index contributed by atoms with van der Waals surface area (Å²) in [6.45, 7) is 6.86. The first-order valence-corrected chi connectivity index (χ1v) is 8.96. The molecule has 0 bridgehead atoms. The van der Waals surface area contributed by atoms with Crippen LogP contribution in [-0.4, -0.2) is 32.3 Å². The molecule has 0 unspecified atom stereocenters. The van der Waals surface area contributed by atoms with E-state index < -0.39 is 0 Å². The zero-order valence-corrected chi connectivity index (χ0v) is 16.3. The third-order valence-electron chi connectivity index (χ3n) is 4.59. The van der Waals surface area contributed by atoms with Gasteiger partial charge in [0.15, 0.2) is 11.5 Å². The van der Waals surface area contributed by atoms with Crippen molar-refractivity contribution in [1.29, 1.82) is 0 Å². The minimum atomic E-state index is -0.198. The van der Waals surface area contributed by atoms with Gasteiger partial charge in [0.25, 0.3) is 0 Å². The van der Waals surface area contributed by atoms with Gasteiger partial charge in [-0.05, 0) is 51.3 Å². The molecule has 1 aliphatic rings. The first kappa shape index (κ1) is 18.3. The third-order valence-corrected chi connectivity index (χ3v) is 4.59. The normalized spacial score (nSPS) is 15.3. The predicted octanol–water partition coefficient (Wildman–Crippen LogP) is 4.35. The quantitative estimate of drug-likeness (QED) is 0.775. The van der Waals surface area contributed by atoms with Gasteiger partial charge in [-0.3, -0.25) is 0 Å². The SMILES string of the molecule is COc1ccc(C2=NC(C)(C)CO2)c(CCc2cccc(C)c2)c1OC. The highest BCUT2D eigenvalue weighted by molar-refractivity contribution is 5.98. The molecule has 2 aromatic rings. The second-order valence-electron chi connectivity index (χ2n) is 7.33. The van der Waals surface area contributed by atoms with Crippen LogP contribution in [0.25, 0.3) is 0 Å². The van der Waals surface area contributed by atoms with Crippen molar-refractivity contribution < 1.29 is 14.2 Å². The zero-order chi connectivity index (χ0) is 18.7. The molecule has 4 heteroatoms. The lowest BCUT2D eigenvalue weighted by Crippen LogP contribution is -2.17. The summed E-state index contributed by atoms with van der Waals surface area (Å²) in [4.78, 5) is 4.75. The van der Waals surface area contributed by atoms with E-state index in [9.17, 15) is 0 Å². The molecule has 0 saturated heterocycles. The van der Waals surface area contributed by atoms with E-state index in [1.165, 1.54) is 11.1 Å². The van der Waals surface area contributed by atoms with Gasteiger partial charge < -0.3 is 14.2 Å². The topological polar surface area (TPSA) is 40.0 Å². The standard InChI is InChI=1S/C22H27NO3/c1-15-7-6-8-16(13-15)9-10-17-18(21-23-22(2,3)14-26-21)11-12-19(24-4)20(17)25-5/h6-8,11-13H,9-10,14H2,1-5H3. The summed E-state index contributed by atoms with van der Waals surface area (Å²) in [6.07, 6.45) is 1.73. The maximum atomic E-state index is 5.89. The fourth-order valence-corrected chi connectivity index (χ4v) is 3.30. The van der Waals surface area contributed by atoms with Crippen molar-refractivity contribution in [3.8, 4) is 11.5 Å². The van der Waals surface area contributed by atoms with Crippen molar-refractivity contribution in [2.75, 3.05) is 20.8 Å². The van der Waals surface area contributed by atoms with E-state index in [1.807, 2.05) is 12.1 Å². The van der Waals surface area contributed by atoms with Gasteiger partial charge in [0, 0.05) is 11.1 Å². The molecule has 0 atom stereocenters. The Balaban J connectivity index is 1.99. The van der Waals surface area contributed by atoms with Crippen LogP contribution in [0.15, 0.2) is 41.4 Å². The van der Waals surface area contributed by atoms with Gasteiger partial charge in [0.1, 0.15) is 6.61 Å². The fourth-order valence-electron chi connectivity index (χ4n) is 3.30. The first-order chi connectivity index (χ1) is 12.4. The van der Waals surface area contributed by atoms with Crippen molar-refractivity contribution in [2.24, 2.45) is 4.99 Å². The number of rotatable bonds is 6. The Bertz CT molecular complexity index is 824. The summed E-state index contributed by atoms with van der Waals surface area (Å²) in [6, 6.07) is 12.5. The van der Waals surface area contributed by atoms with Crippen molar-refractivity contribution in [3.05, 3.63) is 58.7 Å². The van der Waals surface area contributed by atoms with E-state index in [4.69, 9.17) is 19.2 Å². The van der Waals surface area contributed by atoms with Crippen LogP contribution in [0.1, 0.15) is 36.1 Å². The molecule has 4 nitrogen and oxygen atoms in total. The van der Waals surface area contributed by atoms with Gasteiger partial charge in [-0.2, -0.15) is 0 Å². The molecule has 1 heterocycles. The average Bonchev–Trinajstić information content (AvgIpc) is 2.98. The summed E-state index contributed by atoms with van der Waals surface area (Å²) in [5.74, 6) is 2.18. The molecule has 0 N–H and O–H groups in total. The lowest BCUT2D eigenvalue weighted by atomic mass is 9.97. The summed E-state index contributed by atoms with van der Waals surface area (Å²) in [5.41, 5.74) is 4.43. The molecule has 0 fully saturated rings. The lowest BCUT2D eigenvalue weighted by Gasteiger charge is -2.17. The van der Waals surface area contributed by atoms with Crippen molar-refractivity contribution in [3.63, 3.8) is 0 Å². The van der Waals surface area contributed by atoms with Crippen molar-refractivity contribution in [1.82, 2.24) is 0 Å². The molecular weight excluding hydrogens is 326 g/mol. The highest BCUT2D eigenvalue weighted by Gasteiger charge is 2.29. The average molecular weight is 353 g/mol. The highest BCUT2D eigenvalue weighted by Crippen LogP contribution is 2.36. The van der Waals surface area contributed by atoms with E-state index in [0.29, 0.717) is 12.5 Å². The van der Waals surface area contributed by atoms with E-state index >= 15 is 0 Å². The molecule has 2 aromatic carbocycles. The summed E-state index contributed by atoms with van der Waals surface area (Å²) in [5, 5.41) is 0. The molecular formula is C22H27NO3. The summed E-state index contributed by atoms with van der Waals surface area (Å²) in [7, 11) is 3.34. The van der Waals surface area contributed by atoms with Gasteiger partial charge in [-0.25, -0.2) is 4.99 Å². The Kier molecular flexibility index (Phi) is 5.21. The Morgan fingerprint density at radius 1 is 1.08 bits per heavy atom. The number of benzene rings is 2. The van der Waals surface area contributed by atoms with Crippen LogP contribution in [0.4, 0.5) is 0 Å². The molecule has 138 valence electrons. The van der Waals surface area contributed by atoms with E-state index in [-0.39, 0.29) is 5.54 Å². The minimum Gasteiger partial charge on any atom is -0.493 e. The maximum Gasteiger partial charge on any atom is 0.217 e. The van der Waals surface area contributed by atoms with E-state index in [1.54, 1.807) is 14.2 Å². The maximum absolute atomic E-state index is 5.89. The monoisotopic (exact) mass is 353 g/mol. The van der Waals surface area contributed by atoms with E-state index in [2.05, 4.69) is 45.0 Å². The van der Waals surface area contributed by atoms with Gasteiger partial charge in [-0.15, -0.1) is 0 Å². The van der Waals surface area contributed by atoms with Crippen LogP contribution < -0.4 is 9.47 Å². The van der Waals surface area contributed by atoms with Crippen LogP contribution in [0.5, 0.6) is 11.5 Å². The van der Waals surface area contributed by atoms with Gasteiger partial charge in [0.05, 0.1) is 19.8 Å². The summed E-state index contributed by atoms with van der Waals surface area (Å²) >= 11 is 0. The Labute approximate surface area is 155 Å². The van der Waals surface area contributed by atoms with Crippen LogP contribution in [0.2, 0.25) is 0 Å². The Hall–Kier alpha value is -2.49. The number of nitrogens with zero attached hydrogens (tertiary/aromatic N) is 1. The molecule has 0 aliphatic carbocycles. The number of methoxy groups -OCH3 is 2. The molecule has 0 aromatic heterocycles. The first-order valence-electron chi connectivity index (χ1n) is 8.96. The number of aryl methyl sites for hydroxylation is 2. The molecule has 0 spiro atoms. The molecule has 26 heavy (non-hydrogen) atoms. The van der Waals surface area contributed by atoms with Gasteiger partial charge in [0.2, 0.25) is 5.90 Å². The summed E-state index contributed by atoms with van der Waals surface area (Å²) < 4.78 is 17.1. The number of hydrogen-bond acceptors (Lipinski definition) is 4. The number of hydrogen-bond donors (Lipinski definition) is 0. The largest absolute Gasteiger partial charge is 0.493 e. The Morgan fingerprint density at radius 3 is 2.50 bits per heavy atom. The van der Waals surface area contributed by atoms with Crippen molar-refractivity contribution in [2.45, 2.75) is 39.2 Å². The minimum absolute atomic E-state index is 0.198. The zero-order valence-electron chi connectivity index (χ0n) is 16.3. The third kappa shape index (κ3) is 3.85. The smallest absolute Gasteiger partial charge is 0.217 e. The Morgan fingerprint density at radius 2 is 1.88 bits per heavy atom. The van der Waals surface area contributed by atoms with Gasteiger partial charge >= 0.3 is 0 Å². The van der Waals surface area contributed by atoms with Crippen LogP contribution in [0, 0.1) is 6.92 Å². The second-order valence-corrected chi connectivity index (χ2v) is 7.33. The molecule has 0 amide bonds. The number of ether oxygens (including phenoxy) is 3. The second kappa shape index (κ2) is 7.40. The van der Waals surface area contributed by atoms with Crippen LogP contribution >= 0.6 is 0 Å². The van der Waals surface area contributed by atoms with E-state index in [0.717, 1.165) is 35.5 Å². The van der Waals surface area contributed by atoms with Crippen LogP contribution in [0.3, 0.4) is 0 Å². The highest BCUT2D eigenvalue weighted by atomic mass is 16.5. The van der Waals surface area contributed by atoms with Gasteiger partial charge in [-0.1, -0.05) is 29.8 Å². The fraction of sp³-hybridized carbons (Fsp3) is 0.409.